The van der Waals surface area contributed by atoms with E-state index >= 15 is 0 Å². The molecule has 0 amide bonds. The molecule has 1 aromatic carbocycles. The van der Waals surface area contributed by atoms with Gasteiger partial charge in [-0.3, -0.25) is 0 Å². The van der Waals surface area contributed by atoms with E-state index in [4.69, 9.17) is 4.42 Å². The van der Waals surface area contributed by atoms with Crippen molar-refractivity contribution in [2.45, 2.75) is 29.7 Å². The maximum atomic E-state index is 5.71. The summed E-state index contributed by atoms with van der Waals surface area (Å²) < 4.78 is 6.89. The number of hydrogen-bond donors (Lipinski definition) is 0. The number of hydrogen-bond acceptors (Lipinski definition) is 5. The lowest BCUT2D eigenvalue weighted by Crippen LogP contribution is -1.81. The zero-order valence-electron chi connectivity index (χ0n) is 11.9. The maximum absolute atomic E-state index is 5.71. The molecule has 0 saturated carbocycles. The zero-order valence-corrected chi connectivity index (χ0v) is 13.6. The predicted molar refractivity (Wildman–Crippen MR) is 87.7 cm³/mol. The molecule has 0 radical (unpaired) electrons. The van der Waals surface area contributed by atoms with Crippen molar-refractivity contribution in [1.29, 1.82) is 0 Å². The number of thiazole rings is 1. The largest absolute Gasteiger partial charge is 0.445 e. The van der Waals surface area contributed by atoms with Gasteiger partial charge in [0.2, 0.25) is 5.89 Å². The molecule has 3 nitrogen and oxygen atoms in total. The molecular weight excluding hydrogens is 300 g/mol. The van der Waals surface area contributed by atoms with Crippen LogP contribution in [0, 0.1) is 0 Å². The minimum absolute atomic E-state index is 0.379. The van der Waals surface area contributed by atoms with Crippen LogP contribution in [0.5, 0.6) is 0 Å². The molecular formula is C16H16N2OS2. The third-order valence-corrected chi connectivity index (χ3v) is 5.21. The molecule has 21 heavy (non-hydrogen) atoms. The Labute approximate surface area is 132 Å². The molecule has 5 heteroatoms. The van der Waals surface area contributed by atoms with E-state index in [1.165, 1.54) is 4.21 Å². The van der Waals surface area contributed by atoms with Crippen molar-refractivity contribution in [3.05, 3.63) is 54.4 Å². The van der Waals surface area contributed by atoms with Crippen LogP contribution in [0.3, 0.4) is 0 Å². The third kappa shape index (κ3) is 3.54. The van der Waals surface area contributed by atoms with Gasteiger partial charge in [0.05, 0.1) is 22.4 Å². The Kier molecular flexibility index (Phi) is 4.41. The lowest BCUT2D eigenvalue weighted by atomic mass is 10.2. The highest BCUT2D eigenvalue weighted by Gasteiger charge is 2.09. The lowest BCUT2D eigenvalue weighted by Gasteiger charge is -1.97. The second-order valence-corrected chi connectivity index (χ2v) is 7.26. The first-order chi connectivity index (χ1) is 10.2. The molecule has 0 aliphatic heterocycles. The summed E-state index contributed by atoms with van der Waals surface area (Å²) in [6.45, 7) is 4.21. The van der Waals surface area contributed by atoms with Gasteiger partial charge < -0.3 is 4.42 Å². The monoisotopic (exact) mass is 316 g/mol. The fraction of sp³-hybridized carbons (Fsp3) is 0.250. The molecule has 108 valence electrons. The molecule has 0 saturated heterocycles. The van der Waals surface area contributed by atoms with Gasteiger partial charge >= 0.3 is 0 Å². The van der Waals surface area contributed by atoms with Crippen molar-refractivity contribution in [1.82, 2.24) is 9.97 Å². The molecule has 0 N–H and O–H groups in total. The number of thioether (sulfide) groups is 1. The highest BCUT2D eigenvalue weighted by Crippen LogP contribution is 2.33. The van der Waals surface area contributed by atoms with Gasteiger partial charge in [-0.25, -0.2) is 9.97 Å². The highest BCUT2D eigenvalue weighted by molar-refractivity contribution is 8.00. The smallest absolute Gasteiger partial charge is 0.204 e. The Morgan fingerprint density at radius 1 is 1.14 bits per heavy atom. The van der Waals surface area contributed by atoms with Crippen LogP contribution in [0.4, 0.5) is 0 Å². The van der Waals surface area contributed by atoms with Gasteiger partial charge in [0.25, 0.3) is 0 Å². The third-order valence-electron chi connectivity index (χ3n) is 2.98. The van der Waals surface area contributed by atoms with Crippen molar-refractivity contribution < 1.29 is 4.42 Å². The standard InChI is InChI=1S/C16H16N2OS2/c1-11(2)13-8-17-14(19-13)10-20-15-9-18-16(21-15)12-6-4-3-5-7-12/h3-9,11H,10H2,1-2H3. The Hall–Kier alpha value is -1.59. The molecule has 0 bridgehead atoms. The van der Waals surface area contributed by atoms with Crippen molar-refractivity contribution in [2.24, 2.45) is 0 Å². The first-order valence-corrected chi connectivity index (χ1v) is 8.61. The number of benzene rings is 1. The summed E-state index contributed by atoms with van der Waals surface area (Å²) in [7, 11) is 0. The molecule has 0 unspecified atom stereocenters. The van der Waals surface area contributed by atoms with Crippen molar-refractivity contribution in [3.63, 3.8) is 0 Å². The van der Waals surface area contributed by atoms with Crippen LogP contribution in [-0.2, 0) is 5.75 Å². The number of oxazole rings is 1. The van der Waals surface area contributed by atoms with Crippen LogP contribution in [0.25, 0.3) is 10.6 Å². The van der Waals surface area contributed by atoms with Crippen LogP contribution >= 0.6 is 23.1 Å². The van der Waals surface area contributed by atoms with Crippen LogP contribution < -0.4 is 0 Å². The van der Waals surface area contributed by atoms with E-state index in [-0.39, 0.29) is 0 Å². The normalized spacial score (nSPS) is 11.2. The van der Waals surface area contributed by atoms with Gasteiger partial charge in [-0.1, -0.05) is 44.2 Å². The van der Waals surface area contributed by atoms with E-state index in [0.717, 1.165) is 28.0 Å². The van der Waals surface area contributed by atoms with Gasteiger partial charge in [0.1, 0.15) is 10.8 Å². The average Bonchev–Trinajstić information content (AvgIpc) is 3.15. The number of rotatable bonds is 5. The van der Waals surface area contributed by atoms with E-state index in [1.807, 2.05) is 30.6 Å². The average molecular weight is 316 g/mol. The Morgan fingerprint density at radius 2 is 1.95 bits per heavy atom. The fourth-order valence-corrected chi connectivity index (χ4v) is 3.66. The van der Waals surface area contributed by atoms with Gasteiger partial charge in [0.15, 0.2) is 0 Å². The quantitative estimate of drug-likeness (QED) is 0.605. The van der Waals surface area contributed by atoms with Crippen LogP contribution in [0.2, 0.25) is 0 Å². The molecule has 0 aliphatic rings. The van der Waals surface area contributed by atoms with E-state index in [2.05, 4.69) is 35.9 Å². The van der Waals surface area contributed by atoms with Crippen molar-refractivity contribution in [2.75, 3.05) is 0 Å². The van der Waals surface area contributed by atoms with E-state index < -0.39 is 0 Å². The zero-order chi connectivity index (χ0) is 14.7. The van der Waals surface area contributed by atoms with Gasteiger partial charge in [-0.2, -0.15) is 0 Å². The predicted octanol–water partition coefficient (Wildman–Crippen LogP) is 5.21. The van der Waals surface area contributed by atoms with Crippen molar-refractivity contribution in [3.8, 4) is 10.6 Å². The molecule has 3 rings (SSSR count). The first kappa shape index (κ1) is 14.4. The van der Waals surface area contributed by atoms with E-state index in [0.29, 0.717) is 5.92 Å². The van der Waals surface area contributed by atoms with Crippen molar-refractivity contribution >= 4 is 23.1 Å². The topological polar surface area (TPSA) is 38.9 Å². The first-order valence-electron chi connectivity index (χ1n) is 6.81. The molecule has 2 heterocycles. The minimum Gasteiger partial charge on any atom is -0.445 e. The van der Waals surface area contributed by atoms with E-state index in [1.54, 1.807) is 23.1 Å². The Balaban J connectivity index is 1.65. The van der Waals surface area contributed by atoms with Gasteiger partial charge in [0, 0.05) is 11.5 Å². The second-order valence-electron chi connectivity index (χ2n) is 4.95. The molecule has 3 aromatic rings. The summed E-state index contributed by atoms with van der Waals surface area (Å²) in [4.78, 5) is 8.79. The van der Waals surface area contributed by atoms with Gasteiger partial charge in [-0.05, 0) is 0 Å². The molecule has 0 aliphatic carbocycles. The molecule has 0 atom stereocenters. The van der Waals surface area contributed by atoms with Crippen LogP contribution in [0.1, 0.15) is 31.4 Å². The lowest BCUT2D eigenvalue weighted by molar-refractivity contribution is 0.454. The number of nitrogens with zero attached hydrogens (tertiary/aromatic N) is 2. The molecule has 2 aromatic heterocycles. The summed E-state index contributed by atoms with van der Waals surface area (Å²) in [6.07, 6.45) is 3.74. The summed E-state index contributed by atoms with van der Waals surface area (Å²) >= 11 is 3.41. The molecule has 0 fully saturated rings. The fourth-order valence-electron chi connectivity index (χ4n) is 1.83. The van der Waals surface area contributed by atoms with Crippen LogP contribution in [0.15, 0.2) is 51.4 Å². The maximum Gasteiger partial charge on any atom is 0.204 e. The summed E-state index contributed by atoms with van der Waals surface area (Å²) in [6, 6.07) is 10.2. The minimum atomic E-state index is 0.379. The summed E-state index contributed by atoms with van der Waals surface area (Å²) in [5.74, 6) is 2.84. The second kappa shape index (κ2) is 6.45. The van der Waals surface area contributed by atoms with Crippen LogP contribution in [-0.4, -0.2) is 9.97 Å². The SMILES string of the molecule is CC(C)c1cnc(CSc2cnc(-c3ccccc3)s2)o1. The molecule has 0 spiro atoms. The Bertz CT molecular complexity index is 704. The van der Waals surface area contributed by atoms with Gasteiger partial charge in [-0.15, -0.1) is 23.1 Å². The van der Waals surface area contributed by atoms with E-state index in [9.17, 15) is 0 Å². The highest BCUT2D eigenvalue weighted by atomic mass is 32.2. The Morgan fingerprint density at radius 3 is 2.67 bits per heavy atom. The number of aromatic nitrogens is 2. The summed E-state index contributed by atoms with van der Waals surface area (Å²) in [5, 5.41) is 1.05. The summed E-state index contributed by atoms with van der Waals surface area (Å²) in [5.41, 5.74) is 1.16.